The number of hydrogen-bond acceptors (Lipinski definition) is 4. The van der Waals surface area contributed by atoms with Crippen molar-refractivity contribution >= 4 is 11.6 Å². The molecular formula is C33H30O4. The molecule has 2 unspecified atom stereocenters. The largest absolute Gasteiger partial charge is 0.508 e. The fourth-order valence-electron chi connectivity index (χ4n) is 6.26. The van der Waals surface area contributed by atoms with Gasteiger partial charge in [0.2, 0.25) is 0 Å². The predicted molar refractivity (Wildman–Crippen MR) is 146 cm³/mol. The zero-order chi connectivity index (χ0) is 25.5. The summed E-state index contributed by atoms with van der Waals surface area (Å²) in [6.07, 6.45) is 8.98. The molecule has 5 atom stereocenters. The van der Waals surface area contributed by atoms with Gasteiger partial charge in [0.15, 0.2) is 0 Å². The summed E-state index contributed by atoms with van der Waals surface area (Å²) in [4.78, 5) is 0. The molecule has 0 heterocycles. The molecule has 3 aromatic rings. The van der Waals surface area contributed by atoms with Gasteiger partial charge in [0.25, 0.3) is 0 Å². The van der Waals surface area contributed by atoms with E-state index in [1.54, 1.807) is 18.2 Å². The van der Waals surface area contributed by atoms with Crippen LogP contribution in [0, 0.1) is 11.8 Å². The lowest BCUT2D eigenvalue weighted by Gasteiger charge is -2.42. The molecule has 3 aliphatic rings. The van der Waals surface area contributed by atoms with Gasteiger partial charge in [-0.3, -0.25) is 0 Å². The van der Waals surface area contributed by atoms with Crippen molar-refractivity contribution < 1.29 is 20.4 Å². The van der Waals surface area contributed by atoms with E-state index in [1.807, 2.05) is 48.6 Å². The fourth-order valence-corrected chi connectivity index (χ4v) is 6.26. The summed E-state index contributed by atoms with van der Waals surface area (Å²) in [5.41, 5.74) is 5.06. The molecule has 0 radical (unpaired) electrons. The van der Waals surface area contributed by atoms with Crippen molar-refractivity contribution in [3.05, 3.63) is 124 Å². The van der Waals surface area contributed by atoms with Crippen molar-refractivity contribution in [3.63, 3.8) is 0 Å². The fraction of sp³-hybridized carbons (Fsp3) is 0.212. The first-order valence-electron chi connectivity index (χ1n) is 12.8. The van der Waals surface area contributed by atoms with Gasteiger partial charge < -0.3 is 20.4 Å². The molecule has 4 N–H and O–H groups in total. The van der Waals surface area contributed by atoms with Crippen LogP contribution in [0.3, 0.4) is 0 Å². The second-order valence-electron chi connectivity index (χ2n) is 10.2. The standard InChI is InChI=1S/C33H30O4/c34-25-14-10-22-12-16-29(36)32(27(22)18-25)31(24-8-6-21(7-9-24)20-4-2-1-3-5-20)33-28-19-26(35)15-11-23(28)13-17-30(33)37/h1-15,18-19,27,29-32,34-37H,16-17H2/t27-,29-,30+,31?,32?/m1/s1. The van der Waals surface area contributed by atoms with Crippen LogP contribution in [0.15, 0.2) is 108 Å². The highest BCUT2D eigenvalue weighted by molar-refractivity contribution is 5.68. The third kappa shape index (κ3) is 4.33. The van der Waals surface area contributed by atoms with Crippen LogP contribution < -0.4 is 10.4 Å². The Hall–Kier alpha value is -3.86. The number of benzene rings is 3. The lowest BCUT2D eigenvalue weighted by atomic mass is 9.63. The van der Waals surface area contributed by atoms with Gasteiger partial charge in [-0.15, -0.1) is 0 Å². The summed E-state index contributed by atoms with van der Waals surface area (Å²) in [6.45, 7) is 0. The number of allylic oxidation sites excluding steroid dienone is 4. The van der Waals surface area contributed by atoms with Gasteiger partial charge in [-0.25, -0.2) is 0 Å². The summed E-state index contributed by atoms with van der Waals surface area (Å²) < 4.78 is 0. The molecule has 0 aliphatic heterocycles. The van der Waals surface area contributed by atoms with Gasteiger partial charge in [0, 0.05) is 17.8 Å². The molecule has 0 saturated carbocycles. The second-order valence-corrected chi connectivity index (χ2v) is 10.2. The van der Waals surface area contributed by atoms with Crippen LogP contribution in [0.5, 0.6) is 5.75 Å². The van der Waals surface area contributed by atoms with E-state index in [0.717, 1.165) is 38.3 Å². The first kappa shape index (κ1) is 23.5. The van der Waals surface area contributed by atoms with Crippen LogP contribution in [0.2, 0.25) is 0 Å². The first-order valence-corrected chi connectivity index (χ1v) is 12.8. The Balaban J connectivity index is 1.57. The number of phenolic OH excluding ortho intramolecular Hbond substituents is 1. The lowest BCUT2D eigenvalue weighted by Crippen LogP contribution is -2.43. The van der Waals surface area contributed by atoms with Crippen LogP contribution in [0.25, 0.3) is 22.8 Å². The van der Waals surface area contributed by atoms with Gasteiger partial charge in [-0.1, -0.05) is 78.9 Å². The molecule has 4 heteroatoms. The maximum absolute atomic E-state index is 11.4. The second kappa shape index (κ2) is 9.55. The quantitative estimate of drug-likeness (QED) is 0.435. The van der Waals surface area contributed by atoms with Crippen LogP contribution in [-0.2, 0) is 0 Å². The monoisotopic (exact) mass is 490 g/mol. The zero-order valence-electron chi connectivity index (χ0n) is 20.4. The van der Waals surface area contributed by atoms with E-state index < -0.39 is 12.2 Å². The lowest BCUT2D eigenvalue weighted by molar-refractivity contribution is 0.0757. The van der Waals surface area contributed by atoms with E-state index in [4.69, 9.17) is 0 Å². The van der Waals surface area contributed by atoms with Crippen LogP contribution >= 0.6 is 0 Å². The Kier molecular flexibility index (Phi) is 6.07. The number of phenols is 1. The van der Waals surface area contributed by atoms with Crippen molar-refractivity contribution in [3.8, 4) is 16.9 Å². The Labute approximate surface area is 216 Å². The normalized spacial score (nSPS) is 25.3. The Bertz CT molecular complexity index is 1530. The van der Waals surface area contributed by atoms with Gasteiger partial charge >= 0.3 is 0 Å². The average molecular weight is 491 g/mol. The van der Waals surface area contributed by atoms with Crippen molar-refractivity contribution in [2.75, 3.05) is 0 Å². The SMILES string of the molecule is OC1=C[C@@H]2C(=CC[C@@H](O)C2C(C2=c3cc(O)ccc3=CC[C@@H]2O)c2ccc(-c3ccccc3)cc2)C=C1. The minimum atomic E-state index is -0.758. The molecular weight excluding hydrogens is 460 g/mol. The minimum Gasteiger partial charge on any atom is -0.508 e. The van der Waals surface area contributed by atoms with E-state index in [1.165, 1.54) is 0 Å². The smallest absolute Gasteiger partial charge is 0.116 e. The van der Waals surface area contributed by atoms with E-state index in [9.17, 15) is 20.4 Å². The molecule has 0 amide bonds. The van der Waals surface area contributed by atoms with Crippen molar-refractivity contribution in [1.29, 1.82) is 0 Å². The third-order valence-corrected chi connectivity index (χ3v) is 8.00. The Morgan fingerprint density at radius 1 is 0.757 bits per heavy atom. The molecule has 0 fully saturated rings. The molecule has 186 valence electrons. The minimum absolute atomic E-state index is 0.139. The van der Waals surface area contributed by atoms with E-state index in [2.05, 4.69) is 36.4 Å². The average Bonchev–Trinajstić information content (AvgIpc) is 2.92. The molecule has 0 aromatic heterocycles. The Morgan fingerprint density at radius 3 is 2.30 bits per heavy atom. The molecule has 3 aromatic carbocycles. The van der Waals surface area contributed by atoms with E-state index >= 15 is 0 Å². The number of aliphatic hydroxyl groups is 3. The number of fused-ring (bicyclic) bond motifs is 2. The molecule has 6 rings (SSSR count). The topological polar surface area (TPSA) is 80.9 Å². The van der Waals surface area contributed by atoms with Crippen molar-refractivity contribution in [2.24, 2.45) is 11.8 Å². The first-order chi connectivity index (χ1) is 18.0. The van der Waals surface area contributed by atoms with Crippen LogP contribution in [-0.4, -0.2) is 32.6 Å². The number of rotatable bonds is 4. The molecule has 0 saturated heterocycles. The van der Waals surface area contributed by atoms with Crippen LogP contribution in [0.1, 0.15) is 24.3 Å². The highest BCUT2D eigenvalue weighted by atomic mass is 16.3. The highest BCUT2D eigenvalue weighted by Gasteiger charge is 2.42. The maximum atomic E-state index is 11.4. The number of aromatic hydroxyl groups is 1. The van der Waals surface area contributed by atoms with Gasteiger partial charge in [0.1, 0.15) is 11.5 Å². The van der Waals surface area contributed by atoms with Crippen molar-refractivity contribution in [2.45, 2.75) is 31.0 Å². The summed E-state index contributed by atoms with van der Waals surface area (Å²) in [6, 6.07) is 23.8. The molecule has 37 heavy (non-hydrogen) atoms. The molecule has 0 bridgehead atoms. The van der Waals surface area contributed by atoms with Gasteiger partial charge in [0.05, 0.1) is 12.2 Å². The van der Waals surface area contributed by atoms with Crippen LogP contribution in [0.4, 0.5) is 0 Å². The summed E-state index contributed by atoms with van der Waals surface area (Å²) in [5, 5.41) is 45.4. The van der Waals surface area contributed by atoms with E-state index in [0.29, 0.717) is 12.8 Å². The number of aliphatic hydroxyl groups excluding tert-OH is 3. The molecule has 0 spiro atoms. The number of hydrogen-bond donors (Lipinski definition) is 4. The zero-order valence-corrected chi connectivity index (χ0v) is 20.4. The molecule has 3 aliphatic carbocycles. The third-order valence-electron chi connectivity index (χ3n) is 8.00. The summed E-state index contributed by atoms with van der Waals surface area (Å²) >= 11 is 0. The predicted octanol–water partition coefficient (Wildman–Crippen LogP) is 4.47. The maximum Gasteiger partial charge on any atom is 0.116 e. The van der Waals surface area contributed by atoms with Gasteiger partial charge in [-0.2, -0.15) is 0 Å². The molecule has 4 nitrogen and oxygen atoms in total. The Morgan fingerprint density at radius 2 is 1.51 bits per heavy atom. The summed E-state index contributed by atoms with van der Waals surface area (Å²) in [7, 11) is 0. The van der Waals surface area contributed by atoms with Gasteiger partial charge in [-0.05, 0) is 75.4 Å². The highest BCUT2D eigenvalue weighted by Crippen LogP contribution is 2.48. The van der Waals surface area contributed by atoms with E-state index in [-0.39, 0.29) is 29.3 Å². The summed E-state index contributed by atoms with van der Waals surface area (Å²) in [5.74, 6) is -0.542. The van der Waals surface area contributed by atoms with Crippen molar-refractivity contribution in [1.82, 2.24) is 0 Å².